The monoisotopic (exact) mass is 197 g/mol. The third-order valence-electron chi connectivity index (χ3n) is 3.17. The first-order valence-electron chi connectivity index (χ1n) is 6.15. The van der Waals surface area contributed by atoms with Crippen LogP contribution in [0.3, 0.4) is 0 Å². The summed E-state index contributed by atoms with van der Waals surface area (Å²) in [4.78, 5) is 0. The molecule has 2 nitrogen and oxygen atoms in total. The van der Waals surface area contributed by atoms with Gasteiger partial charge in [-0.15, -0.1) is 0 Å². The lowest BCUT2D eigenvalue weighted by Gasteiger charge is -2.13. The minimum atomic E-state index is 0.687. The van der Waals surface area contributed by atoms with Gasteiger partial charge >= 0.3 is 0 Å². The van der Waals surface area contributed by atoms with Crippen molar-refractivity contribution in [2.75, 3.05) is 19.8 Å². The zero-order valence-corrected chi connectivity index (χ0v) is 9.30. The van der Waals surface area contributed by atoms with Gasteiger partial charge in [0.1, 0.15) is 0 Å². The van der Waals surface area contributed by atoms with Crippen LogP contribution in [0.25, 0.3) is 0 Å². The first-order valence-corrected chi connectivity index (χ1v) is 6.15. The Kier molecular flexibility index (Phi) is 3.82. The fraction of sp³-hybridized carbons (Fsp3) is 1.00. The van der Waals surface area contributed by atoms with E-state index in [2.05, 4.69) is 12.2 Å². The molecule has 0 spiro atoms. The van der Waals surface area contributed by atoms with E-state index in [0.717, 1.165) is 31.6 Å². The summed E-state index contributed by atoms with van der Waals surface area (Å²) in [6.07, 6.45) is 7.08. The van der Waals surface area contributed by atoms with Gasteiger partial charge in [-0.05, 0) is 38.0 Å². The number of ether oxygens (including phenoxy) is 1. The van der Waals surface area contributed by atoms with Gasteiger partial charge in [0.15, 0.2) is 0 Å². The highest BCUT2D eigenvalue weighted by Crippen LogP contribution is 2.33. The van der Waals surface area contributed by atoms with E-state index < -0.39 is 0 Å². The highest BCUT2D eigenvalue weighted by atomic mass is 16.5. The van der Waals surface area contributed by atoms with E-state index in [9.17, 15) is 0 Å². The average Bonchev–Trinajstić information content (AvgIpc) is 2.97. The second kappa shape index (κ2) is 5.13. The van der Waals surface area contributed by atoms with E-state index in [4.69, 9.17) is 4.74 Å². The molecule has 0 bridgehead atoms. The Hall–Kier alpha value is -0.0800. The summed E-state index contributed by atoms with van der Waals surface area (Å²) >= 11 is 0. The minimum Gasteiger partial charge on any atom is -0.380 e. The third-order valence-corrected chi connectivity index (χ3v) is 3.17. The molecule has 1 atom stereocenters. The van der Waals surface area contributed by atoms with Gasteiger partial charge in [-0.1, -0.05) is 12.8 Å². The molecule has 1 unspecified atom stereocenters. The molecular weight excluding hydrogens is 174 g/mol. The van der Waals surface area contributed by atoms with Gasteiger partial charge in [-0.3, -0.25) is 0 Å². The van der Waals surface area contributed by atoms with E-state index in [0.29, 0.717) is 6.04 Å². The first-order chi connectivity index (χ1) is 6.84. The molecule has 0 radical (unpaired) electrons. The van der Waals surface area contributed by atoms with Crippen LogP contribution in [0.2, 0.25) is 0 Å². The van der Waals surface area contributed by atoms with Crippen LogP contribution >= 0.6 is 0 Å². The summed E-state index contributed by atoms with van der Waals surface area (Å²) in [5.74, 6) is 1.93. The second-order valence-corrected chi connectivity index (χ2v) is 5.05. The van der Waals surface area contributed by atoms with Gasteiger partial charge in [0.05, 0.1) is 6.61 Å². The van der Waals surface area contributed by atoms with Crippen LogP contribution in [0.4, 0.5) is 0 Å². The minimum absolute atomic E-state index is 0.687. The molecule has 2 heteroatoms. The van der Waals surface area contributed by atoms with Crippen molar-refractivity contribution in [3.05, 3.63) is 0 Å². The third kappa shape index (κ3) is 4.43. The largest absolute Gasteiger partial charge is 0.380 e. The first kappa shape index (κ1) is 10.4. The molecule has 2 rings (SSSR count). The molecule has 2 fully saturated rings. The Labute approximate surface area is 87.4 Å². The Morgan fingerprint density at radius 3 is 2.57 bits per heavy atom. The van der Waals surface area contributed by atoms with Gasteiger partial charge < -0.3 is 10.1 Å². The summed E-state index contributed by atoms with van der Waals surface area (Å²) in [7, 11) is 0. The SMILES string of the molecule is CC(CC1CC1)NCCOCC1CC1. The smallest absolute Gasteiger partial charge is 0.0591 e. The van der Waals surface area contributed by atoms with E-state index in [1.807, 2.05) is 0 Å². The van der Waals surface area contributed by atoms with Crippen molar-refractivity contribution < 1.29 is 4.74 Å². The Balaban J connectivity index is 1.37. The van der Waals surface area contributed by atoms with Crippen molar-refractivity contribution in [2.24, 2.45) is 11.8 Å². The van der Waals surface area contributed by atoms with Gasteiger partial charge in [0, 0.05) is 19.2 Å². The van der Waals surface area contributed by atoms with Gasteiger partial charge in [-0.2, -0.15) is 0 Å². The number of nitrogens with one attached hydrogen (secondary N) is 1. The van der Waals surface area contributed by atoms with Crippen LogP contribution in [0.15, 0.2) is 0 Å². The maximum absolute atomic E-state index is 5.57. The molecule has 0 saturated heterocycles. The van der Waals surface area contributed by atoms with E-state index in [-0.39, 0.29) is 0 Å². The van der Waals surface area contributed by atoms with Crippen LogP contribution in [0.1, 0.15) is 39.0 Å². The van der Waals surface area contributed by atoms with E-state index in [1.54, 1.807) is 0 Å². The summed E-state index contributed by atoms with van der Waals surface area (Å²) in [6, 6.07) is 0.687. The topological polar surface area (TPSA) is 21.3 Å². The van der Waals surface area contributed by atoms with Crippen molar-refractivity contribution in [3.63, 3.8) is 0 Å². The fourth-order valence-electron chi connectivity index (χ4n) is 1.85. The standard InChI is InChI=1S/C12H23NO/c1-10(8-11-2-3-11)13-6-7-14-9-12-4-5-12/h10-13H,2-9H2,1H3. The van der Waals surface area contributed by atoms with Crippen molar-refractivity contribution in [1.82, 2.24) is 5.32 Å². The van der Waals surface area contributed by atoms with E-state index >= 15 is 0 Å². The quantitative estimate of drug-likeness (QED) is 0.602. The Bertz CT molecular complexity index is 164. The van der Waals surface area contributed by atoms with Crippen molar-refractivity contribution >= 4 is 0 Å². The van der Waals surface area contributed by atoms with Crippen molar-refractivity contribution in [1.29, 1.82) is 0 Å². The molecule has 0 amide bonds. The molecule has 14 heavy (non-hydrogen) atoms. The van der Waals surface area contributed by atoms with Crippen molar-refractivity contribution in [3.8, 4) is 0 Å². The molecule has 0 aromatic heterocycles. The van der Waals surface area contributed by atoms with Crippen LogP contribution in [-0.2, 0) is 4.74 Å². The molecule has 2 saturated carbocycles. The second-order valence-electron chi connectivity index (χ2n) is 5.05. The normalized spacial score (nSPS) is 23.8. The molecule has 0 heterocycles. The summed E-state index contributed by atoms with van der Waals surface area (Å²) in [5, 5.41) is 3.52. The number of hydrogen-bond donors (Lipinski definition) is 1. The van der Waals surface area contributed by atoms with Crippen LogP contribution in [0, 0.1) is 11.8 Å². The fourth-order valence-corrected chi connectivity index (χ4v) is 1.85. The number of rotatable bonds is 8. The Morgan fingerprint density at radius 1 is 1.21 bits per heavy atom. The molecule has 1 N–H and O–H groups in total. The van der Waals surface area contributed by atoms with Crippen LogP contribution < -0.4 is 5.32 Å². The zero-order valence-electron chi connectivity index (χ0n) is 9.30. The molecule has 0 aliphatic heterocycles. The van der Waals surface area contributed by atoms with Crippen LogP contribution in [0.5, 0.6) is 0 Å². The van der Waals surface area contributed by atoms with Gasteiger partial charge in [0.25, 0.3) is 0 Å². The Morgan fingerprint density at radius 2 is 1.93 bits per heavy atom. The van der Waals surface area contributed by atoms with E-state index in [1.165, 1.54) is 32.1 Å². The highest BCUT2D eigenvalue weighted by Gasteiger charge is 2.23. The maximum atomic E-state index is 5.57. The lowest BCUT2D eigenvalue weighted by Crippen LogP contribution is -2.30. The maximum Gasteiger partial charge on any atom is 0.0591 e. The van der Waals surface area contributed by atoms with Crippen LogP contribution in [-0.4, -0.2) is 25.8 Å². The molecule has 0 aromatic rings. The summed E-state index contributed by atoms with van der Waals surface area (Å²) in [5.41, 5.74) is 0. The van der Waals surface area contributed by atoms with Gasteiger partial charge in [-0.25, -0.2) is 0 Å². The lowest BCUT2D eigenvalue weighted by atomic mass is 10.2. The molecular formula is C12H23NO. The average molecular weight is 197 g/mol. The molecule has 82 valence electrons. The lowest BCUT2D eigenvalue weighted by molar-refractivity contribution is 0.124. The van der Waals surface area contributed by atoms with Gasteiger partial charge in [0.2, 0.25) is 0 Å². The summed E-state index contributed by atoms with van der Waals surface area (Å²) < 4.78 is 5.57. The molecule has 2 aliphatic carbocycles. The highest BCUT2D eigenvalue weighted by molar-refractivity contribution is 4.77. The number of hydrogen-bond acceptors (Lipinski definition) is 2. The molecule has 2 aliphatic rings. The van der Waals surface area contributed by atoms with Crippen molar-refractivity contribution in [2.45, 2.75) is 45.1 Å². The zero-order chi connectivity index (χ0) is 9.80. The predicted molar refractivity (Wildman–Crippen MR) is 58.3 cm³/mol. The predicted octanol–water partition coefficient (Wildman–Crippen LogP) is 2.19. The molecule has 0 aromatic carbocycles. The summed E-state index contributed by atoms with van der Waals surface area (Å²) in [6.45, 7) is 5.21.